The van der Waals surface area contributed by atoms with E-state index in [2.05, 4.69) is 20.6 Å². The molecule has 0 spiro atoms. The Hall–Kier alpha value is -1.40. The fraction of sp³-hybridized carbons (Fsp3) is 0.545. The summed E-state index contributed by atoms with van der Waals surface area (Å²) in [7, 11) is 0. The van der Waals surface area contributed by atoms with Gasteiger partial charge in [0.25, 0.3) is 5.89 Å². The van der Waals surface area contributed by atoms with Crippen LogP contribution in [0.3, 0.4) is 0 Å². The van der Waals surface area contributed by atoms with Gasteiger partial charge in [-0.2, -0.15) is 10.1 Å². The quantitative estimate of drug-likeness (QED) is 0.897. The summed E-state index contributed by atoms with van der Waals surface area (Å²) in [4.78, 5) is 4.17. The van der Waals surface area contributed by atoms with Crippen molar-refractivity contribution < 1.29 is 4.52 Å². The Labute approximate surface area is 111 Å². The molecule has 1 unspecified atom stereocenters. The van der Waals surface area contributed by atoms with Crippen LogP contribution in [0.1, 0.15) is 24.7 Å². The topological polar surface area (TPSA) is 68.8 Å². The van der Waals surface area contributed by atoms with Crippen LogP contribution in [-0.4, -0.2) is 33.0 Å². The van der Waals surface area contributed by atoms with Crippen LogP contribution in [-0.2, 0) is 0 Å². The predicted molar refractivity (Wildman–Crippen MR) is 68.6 cm³/mol. The third kappa shape index (κ3) is 2.54. The van der Waals surface area contributed by atoms with E-state index in [1.54, 1.807) is 6.92 Å². The number of piperidine rings is 1. The van der Waals surface area contributed by atoms with Crippen LogP contribution in [0, 0.1) is 6.92 Å². The molecule has 0 aliphatic carbocycles. The molecule has 1 fully saturated rings. The summed E-state index contributed by atoms with van der Waals surface area (Å²) < 4.78 is 7.09. The number of rotatable bonds is 2. The lowest BCUT2D eigenvalue weighted by Crippen LogP contribution is -2.31. The molecule has 7 heteroatoms. The average Bonchev–Trinajstić information content (AvgIpc) is 2.98. The smallest absolute Gasteiger partial charge is 0.278 e. The molecule has 1 aliphatic rings. The zero-order chi connectivity index (χ0) is 11.7. The normalized spacial score (nSPS) is 19.5. The Morgan fingerprint density at radius 2 is 2.39 bits per heavy atom. The fourth-order valence-electron chi connectivity index (χ4n) is 2.12. The van der Waals surface area contributed by atoms with Crippen LogP contribution in [0.5, 0.6) is 0 Å². The molecular weight excluding hydrogens is 254 g/mol. The molecule has 0 amide bonds. The van der Waals surface area contributed by atoms with E-state index in [0.29, 0.717) is 17.8 Å². The second-order valence-electron chi connectivity index (χ2n) is 4.33. The van der Waals surface area contributed by atoms with E-state index in [1.807, 2.05) is 16.9 Å². The molecule has 98 valence electrons. The van der Waals surface area contributed by atoms with Crippen molar-refractivity contribution in [3.05, 3.63) is 18.1 Å². The maximum absolute atomic E-state index is 5.10. The fourth-order valence-corrected chi connectivity index (χ4v) is 2.12. The van der Waals surface area contributed by atoms with Gasteiger partial charge in [-0.25, -0.2) is 0 Å². The van der Waals surface area contributed by atoms with Gasteiger partial charge in [-0.15, -0.1) is 12.4 Å². The maximum Gasteiger partial charge on any atom is 0.278 e. The Balaban J connectivity index is 0.00000120. The van der Waals surface area contributed by atoms with Crippen LogP contribution in [0.25, 0.3) is 11.6 Å². The molecule has 1 saturated heterocycles. The molecule has 0 bridgehead atoms. The lowest BCUT2D eigenvalue weighted by Gasteiger charge is -2.22. The van der Waals surface area contributed by atoms with Gasteiger partial charge in [-0.05, 0) is 32.4 Å². The number of nitrogens with zero attached hydrogens (tertiary/aromatic N) is 4. The Morgan fingerprint density at radius 1 is 1.50 bits per heavy atom. The standard InChI is InChI=1S/C11H15N5O.ClH/c1-8-13-11(17-15-8)10-4-6-16(14-10)9-3-2-5-12-7-9;/h4,6,9,12H,2-3,5,7H2,1H3;1H. The van der Waals surface area contributed by atoms with Crippen molar-refractivity contribution in [3.8, 4) is 11.6 Å². The maximum atomic E-state index is 5.10. The minimum Gasteiger partial charge on any atom is -0.332 e. The summed E-state index contributed by atoms with van der Waals surface area (Å²) in [6.07, 6.45) is 4.34. The van der Waals surface area contributed by atoms with Gasteiger partial charge in [0.2, 0.25) is 0 Å². The second-order valence-corrected chi connectivity index (χ2v) is 4.33. The molecule has 18 heavy (non-hydrogen) atoms. The summed E-state index contributed by atoms with van der Waals surface area (Å²) in [5.41, 5.74) is 0.746. The van der Waals surface area contributed by atoms with Crippen LogP contribution in [0.2, 0.25) is 0 Å². The van der Waals surface area contributed by atoms with Gasteiger partial charge >= 0.3 is 0 Å². The number of hydrogen-bond acceptors (Lipinski definition) is 5. The highest BCUT2D eigenvalue weighted by molar-refractivity contribution is 5.85. The summed E-state index contributed by atoms with van der Waals surface area (Å²) in [5.74, 6) is 1.12. The van der Waals surface area contributed by atoms with Crippen molar-refractivity contribution in [2.45, 2.75) is 25.8 Å². The van der Waals surface area contributed by atoms with E-state index in [0.717, 1.165) is 25.2 Å². The van der Waals surface area contributed by atoms with Gasteiger partial charge in [0.05, 0.1) is 6.04 Å². The molecule has 3 rings (SSSR count). The molecule has 0 aromatic carbocycles. The van der Waals surface area contributed by atoms with Crippen LogP contribution in [0.15, 0.2) is 16.8 Å². The lowest BCUT2D eigenvalue weighted by atomic mass is 10.1. The first kappa shape index (κ1) is 13.0. The first-order valence-corrected chi connectivity index (χ1v) is 5.89. The van der Waals surface area contributed by atoms with E-state index >= 15 is 0 Å². The highest BCUT2D eigenvalue weighted by atomic mass is 35.5. The second kappa shape index (κ2) is 5.49. The van der Waals surface area contributed by atoms with E-state index < -0.39 is 0 Å². The molecule has 1 N–H and O–H groups in total. The largest absolute Gasteiger partial charge is 0.332 e. The molecule has 6 nitrogen and oxygen atoms in total. The highest BCUT2D eigenvalue weighted by Crippen LogP contribution is 2.19. The van der Waals surface area contributed by atoms with E-state index in [4.69, 9.17) is 4.52 Å². The zero-order valence-electron chi connectivity index (χ0n) is 10.2. The van der Waals surface area contributed by atoms with Crippen molar-refractivity contribution >= 4 is 12.4 Å². The molecule has 2 aromatic rings. The Morgan fingerprint density at radius 3 is 3.06 bits per heavy atom. The summed E-state index contributed by atoms with van der Waals surface area (Å²) in [6.45, 7) is 3.88. The third-order valence-corrected chi connectivity index (χ3v) is 3.00. The van der Waals surface area contributed by atoms with Crippen LogP contribution < -0.4 is 5.32 Å². The first-order chi connectivity index (χ1) is 8.33. The van der Waals surface area contributed by atoms with Gasteiger partial charge < -0.3 is 9.84 Å². The molecule has 2 aromatic heterocycles. The van der Waals surface area contributed by atoms with Crippen LogP contribution in [0.4, 0.5) is 0 Å². The van der Waals surface area contributed by atoms with Crippen molar-refractivity contribution in [3.63, 3.8) is 0 Å². The third-order valence-electron chi connectivity index (χ3n) is 3.00. The minimum atomic E-state index is 0. The zero-order valence-corrected chi connectivity index (χ0v) is 11.0. The predicted octanol–water partition coefficient (Wildman–Crippen LogP) is 1.59. The monoisotopic (exact) mass is 269 g/mol. The minimum absolute atomic E-state index is 0. The van der Waals surface area contributed by atoms with Crippen molar-refractivity contribution in [1.82, 2.24) is 25.2 Å². The number of halogens is 1. The first-order valence-electron chi connectivity index (χ1n) is 5.89. The number of hydrogen-bond donors (Lipinski definition) is 1. The van der Waals surface area contributed by atoms with Crippen LogP contribution >= 0.6 is 12.4 Å². The molecule has 0 saturated carbocycles. The van der Waals surface area contributed by atoms with E-state index in [1.165, 1.54) is 6.42 Å². The Kier molecular flexibility index (Phi) is 3.98. The molecule has 1 atom stereocenters. The van der Waals surface area contributed by atoms with Crippen molar-refractivity contribution in [2.75, 3.05) is 13.1 Å². The summed E-state index contributed by atoms with van der Waals surface area (Å²) in [5, 5.41) is 11.6. The lowest BCUT2D eigenvalue weighted by molar-refractivity contribution is 0.346. The SMILES string of the molecule is Cc1noc(-c2ccn(C3CCCNC3)n2)n1.Cl. The Bertz CT molecular complexity index is 503. The van der Waals surface area contributed by atoms with Gasteiger partial charge in [0.15, 0.2) is 11.5 Å². The number of aryl methyl sites for hydroxylation is 1. The summed E-state index contributed by atoms with van der Waals surface area (Å²) in [6, 6.07) is 2.35. The molecule has 3 heterocycles. The van der Waals surface area contributed by atoms with Crippen molar-refractivity contribution in [2.24, 2.45) is 0 Å². The average molecular weight is 270 g/mol. The van der Waals surface area contributed by atoms with Gasteiger partial charge in [-0.3, -0.25) is 4.68 Å². The van der Waals surface area contributed by atoms with Gasteiger partial charge in [0.1, 0.15) is 0 Å². The number of nitrogens with one attached hydrogen (secondary N) is 1. The molecular formula is C11H16ClN5O. The van der Waals surface area contributed by atoms with Gasteiger partial charge in [-0.1, -0.05) is 5.16 Å². The van der Waals surface area contributed by atoms with Crippen molar-refractivity contribution in [1.29, 1.82) is 0 Å². The molecule has 1 aliphatic heterocycles. The van der Waals surface area contributed by atoms with Gasteiger partial charge in [0, 0.05) is 12.7 Å². The molecule has 0 radical (unpaired) electrons. The summed E-state index contributed by atoms with van der Waals surface area (Å²) >= 11 is 0. The van der Waals surface area contributed by atoms with E-state index in [9.17, 15) is 0 Å². The highest BCUT2D eigenvalue weighted by Gasteiger charge is 2.17. The van der Waals surface area contributed by atoms with E-state index in [-0.39, 0.29) is 12.4 Å². The number of aromatic nitrogens is 4.